The first-order valence-corrected chi connectivity index (χ1v) is 18.0. The van der Waals surface area contributed by atoms with Gasteiger partial charge in [0, 0.05) is 25.8 Å². The number of esters is 1. The third kappa shape index (κ3) is 10.9. The molecule has 2 aromatic carbocycles. The van der Waals surface area contributed by atoms with Crippen molar-refractivity contribution in [2.24, 2.45) is 0 Å². The van der Waals surface area contributed by atoms with Crippen LogP contribution in [0.3, 0.4) is 0 Å². The normalized spacial score (nSPS) is 20.7. The van der Waals surface area contributed by atoms with E-state index < -0.39 is 47.5 Å². The van der Waals surface area contributed by atoms with Crippen LogP contribution in [0.4, 0.5) is 9.59 Å². The highest BCUT2D eigenvalue weighted by Crippen LogP contribution is 2.63. The van der Waals surface area contributed by atoms with Gasteiger partial charge in [0.15, 0.2) is 5.16 Å². The predicted octanol–water partition coefficient (Wildman–Crippen LogP) is 7.81. The molecule has 1 aliphatic heterocycles. The maximum absolute atomic E-state index is 14.8. The SMILES string of the molecule is CCOP1(=O)CCN(Cc2ccccc2)CC1(Cc1cccc(CN(C(=O)OC(C)(C)C)C(=O)OC(C)(C)C)c1)C(=O)OC(C)(C)C. The number of hydrogen-bond acceptors (Lipinski definition) is 9. The van der Waals surface area contributed by atoms with Crippen molar-refractivity contribution < 1.29 is 37.7 Å². The fourth-order valence-electron chi connectivity index (χ4n) is 5.44. The number of carbonyl (C=O) groups excluding carboxylic acids is 3. The van der Waals surface area contributed by atoms with E-state index in [1.54, 1.807) is 87.4 Å². The lowest BCUT2D eigenvalue weighted by atomic mass is 9.95. The zero-order valence-electron chi connectivity index (χ0n) is 29.8. The summed E-state index contributed by atoms with van der Waals surface area (Å²) in [7, 11) is -3.60. The molecule has 0 spiro atoms. The molecule has 0 bridgehead atoms. The Labute approximate surface area is 280 Å². The van der Waals surface area contributed by atoms with Crippen LogP contribution >= 0.6 is 7.37 Å². The standard InChI is InChI=1S/C36H53N2O8P/c1-11-43-47(42)21-20-37(24-27-16-13-12-14-17-27)26-36(47,30(39)44-33(2,3)4)23-28-18-15-19-29(22-28)25-38(31(40)45-34(5,6)7)32(41)46-35(8,9)10/h12-19,22H,11,20-21,23-26H2,1-10H3. The number of amides is 2. The van der Waals surface area contributed by atoms with Gasteiger partial charge in [-0.3, -0.25) is 14.3 Å². The second-order valence-corrected chi connectivity index (χ2v) is 18.0. The summed E-state index contributed by atoms with van der Waals surface area (Å²) in [6.45, 7) is 18.7. The fraction of sp³-hybridized carbons (Fsp3) is 0.583. The lowest BCUT2D eigenvalue weighted by molar-refractivity contribution is -0.159. The van der Waals surface area contributed by atoms with Gasteiger partial charge >= 0.3 is 18.2 Å². The van der Waals surface area contributed by atoms with Gasteiger partial charge in [-0.15, -0.1) is 0 Å². The van der Waals surface area contributed by atoms with Gasteiger partial charge in [-0.05, 0) is 92.3 Å². The van der Waals surface area contributed by atoms with Gasteiger partial charge in [0.05, 0.1) is 13.2 Å². The van der Waals surface area contributed by atoms with Crippen molar-refractivity contribution in [3.63, 3.8) is 0 Å². The summed E-state index contributed by atoms with van der Waals surface area (Å²) in [4.78, 5) is 43.7. The summed E-state index contributed by atoms with van der Waals surface area (Å²) in [5, 5.41) is -1.50. The molecule has 10 nitrogen and oxygen atoms in total. The van der Waals surface area contributed by atoms with Crippen LogP contribution in [-0.4, -0.2) is 75.8 Å². The second-order valence-electron chi connectivity index (χ2n) is 15.1. The highest BCUT2D eigenvalue weighted by Gasteiger charge is 2.59. The molecular formula is C36H53N2O8P. The minimum atomic E-state index is -3.60. The molecule has 3 rings (SSSR count). The Morgan fingerprint density at radius 2 is 1.32 bits per heavy atom. The van der Waals surface area contributed by atoms with E-state index in [2.05, 4.69) is 4.90 Å². The van der Waals surface area contributed by atoms with E-state index in [1.807, 2.05) is 36.4 Å². The first kappa shape index (κ1) is 38.2. The van der Waals surface area contributed by atoms with Crippen LogP contribution in [0.25, 0.3) is 0 Å². The highest BCUT2D eigenvalue weighted by molar-refractivity contribution is 7.62. The van der Waals surface area contributed by atoms with Crippen LogP contribution in [0.1, 0.15) is 85.9 Å². The van der Waals surface area contributed by atoms with Gasteiger partial charge in [-0.25, -0.2) is 14.5 Å². The maximum Gasteiger partial charge on any atom is 0.420 e. The minimum absolute atomic E-state index is 0.0667. The third-order valence-corrected chi connectivity index (χ3v) is 10.5. The van der Waals surface area contributed by atoms with E-state index in [4.69, 9.17) is 18.7 Å². The summed E-state index contributed by atoms with van der Waals surface area (Å²) in [5.74, 6) is -0.575. The summed E-state index contributed by atoms with van der Waals surface area (Å²) in [6, 6.07) is 17.1. The van der Waals surface area contributed by atoms with Crippen LogP contribution < -0.4 is 0 Å². The summed E-state index contributed by atoms with van der Waals surface area (Å²) >= 11 is 0. The molecule has 2 amide bonds. The van der Waals surface area contributed by atoms with E-state index >= 15 is 0 Å². The van der Waals surface area contributed by atoms with E-state index in [9.17, 15) is 18.9 Å². The average molecular weight is 673 g/mol. The molecule has 0 saturated carbocycles. The lowest BCUT2D eigenvalue weighted by Crippen LogP contribution is -2.57. The summed E-state index contributed by atoms with van der Waals surface area (Å²) in [6.07, 6.45) is -1.42. The molecule has 1 heterocycles. The Balaban J connectivity index is 2.05. The van der Waals surface area contributed by atoms with Crippen molar-refractivity contribution in [3.8, 4) is 0 Å². The minimum Gasteiger partial charge on any atom is -0.459 e. The molecule has 0 aromatic heterocycles. The predicted molar refractivity (Wildman–Crippen MR) is 183 cm³/mol. The van der Waals surface area contributed by atoms with Crippen LogP contribution in [0, 0.1) is 0 Å². The molecule has 1 saturated heterocycles. The Morgan fingerprint density at radius 1 is 0.787 bits per heavy atom. The Bertz CT molecular complexity index is 1410. The van der Waals surface area contributed by atoms with E-state index in [1.165, 1.54) is 0 Å². The van der Waals surface area contributed by atoms with Crippen molar-refractivity contribution in [2.75, 3.05) is 25.9 Å². The van der Waals surface area contributed by atoms with Gasteiger partial charge < -0.3 is 18.7 Å². The number of nitrogens with zero attached hydrogens (tertiary/aromatic N) is 2. The van der Waals surface area contributed by atoms with Crippen molar-refractivity contribution in [1.82, 2.24) is 9.80 Å². The maximum atomic E-state index is 14.8. The van der Waals surface area contributed by atoms with Crippen LogP contribution in [0.5, 0.6) is 0 Å². The van der Waals surface area contributed by atoms with Crippen LogP contribution in [-0.2, 0) is 47.6 Å². The second kappa shape index (κ2) is 14.9. The quantitative estimate of drug-likeness (QED) is 0.150. The fourth-order valence-corrected chi connectivity index (χ4v) is 8.37. The molecule has 47 heavy (non-hydrogen) atoms. The Hall–Kier alpha value is -3.20. The molecular weight excluding hydrogens is 619 g/mol. The monoisotopic (exact) mass is 672 g/mol. The smallest absolute Gasteiger partial charge is 0.420 e. The molecule has 2 atom stereocenters. The van der Waals surface area contributed by atoms with E-state index in [0.717, 1.165) is 10.5 Å². The first-order chi connectivity index (χ1) is 21.7. The van der Waals surface area contributed by atoms with Crippen molar-refractivity contribution in [1.29, 1.82) is 0 Å². The zero-order valence-corrected chi connectivity index (χ0v) is 30.6. The topological polar surface area (TPSA) is 112 Å². The number of benzene rings is 2. The van der Waals surface area contributed by atoms with Gasteiger partial charge in [0.1, 0.15) is 16.8 Å². The molecule has 0 radical (unpaired) electrons. The van der Waals surface area contributed by atoms with Crippen molar-refractivity contribution >= 4 is 25.5 Å². The molecule has 11 heteroatoms. The van der Waals surface area contributed by atoms with Crippen LogP contribution in [0.2, 0.25) is 0 Å². The molecule has 1 fully saturated rings. The van der Waals surface area contributed by atoms with Crippen molar-refractivity contribution in [2.45, 2.75) is 111 Å². The van der Waals surface area contributed by atoms with Gasteiger partial charge in [0.2, 0.25) is 7.37 Å². The first-order valence-electron chi connectivity index (χ1n) is 16.2. The van der Waals surface area contributed by atoms with Gasteiger partial charge in [0.25, 0.3) is 0 Å². The molecule has 2 unspecified atom stereocenters. The highest BCUT2D eigenvalue weighted by atomic mass is 31.2. The Kier molecular flexibility index (Phi) is 12.1. The average Bonchev–Trinajstić information content (AvgIpc) is 2.92. The van der Waals surface area contributed by atoms with Crippen molar-refractivity contribution in [3.05, 3.63) is 71.3 Å². The van der Waals surface area contributed by atoms with E-state index in [0.29, 0.717) is 24.2 Å². The largest absolute Gasteiger partial charge is 0.459 e. The van der Waals surface area contributed by atoms with Crippen LogP contribution in [0.15, 0.2) is 54.6 Å². The number of hydrogen-bond donors (Lipinski definition) is 0. The van der Waals surface area contributed by atoms with Gasteiger partial charge in [-0.1, -0.05) is 54.6 Å². The molecule has 1 aliphatic rings. The number of carbonyl (C=O) groups is 3. The molecule has 0 aliphatic carbocycles. The lowest BCUT2D eigenvalue weighted by Gasteiger charge is -2.46. The number of ether oxygens (including phenoxy) is 3. The molecule has 2 aromatic rings. The summed E-state index contributed by atoms with van der Waals surface area (Å²) in [5.41, 5.74) is -0.153. The van der Waals surface area contributed by atoms with Gasteiger partial charge in [-0.2, -0.15) is 0 Å². The Morgan fingerprint density at radius 3 is 1.85 bits per heavy atom. The zero-order chi connectivity index (χ0) is 35.3. The molecule has 0 N–H and O–H groups in total. The summed E-state index contributed by atoms with van der Waals surface area (Å²) < 4.78 is 37.9. The third-order valence-electron chi connectivity index (χ3n) is 7.27. The van der Waals surface area contributed by atoms with E-state index in [-0.39, 0.29) is 32.3 Å². The molecule has 260 valence electrons. The number of rotatable bonds is 9. The number of imide groups is 1.